The first kappa shape index (κ1) is 16.1. The predicted octanol–water partition coefficient (Wildman–Crippen LogP) is 1.71. The number of alkyl halides is 3. The number of aromatic amines is 1. The maximum Gasteiger partial charge on any atom is 0.573 e. The number of aromatic nitrogens is 3. The molecule has 10 heteroatoms. The van der Waals surface area contributed by atoms with E-state index in [2.05, 4.69) is 25.5 Å². The lowest BCUT2D eigenvalue weighted by Gasteiger charge is -2.20. The molecule has 0 radical (unpaired) electrons. The predicted molar refractivity (Wildman–Crippen MR) is 77.6 cm³/mol. The van der Waals surface area contributed by atoms with Crippen LogP contribution in [0.1, 0.15) is 16.9 Å². The molecule has 24 heavy (non-hydrogen) atoms. The van der Waals surface area contributed by atoms with Crippen molar-refractivity contribution in [3.05, 3.63) is 36.2 Å². The van der Waals surface area contributed by atoms with Gasteiger partial charge in [-0.1, -0.05) is 6.07 Å². The van der Waals surface area contributed by atoms with E-state index in [-0.39, 0.29) is 23.4 Å². The van der Waals surface area contributed by atoms with Crippen molar-refractivity contribution in [2.24, 2.45) is 0 Å². The van der Waals surface area contributed by atoms with Gasteiger partial charge in [0.1, 0.15) is 5.75 Å². The highest BCUT2D eigenvalue weighted by Crippen LogP contribution is 2.28. The Morgan fingerprint density at radius 2 is 2.25 bits per heavy atom. The van der Waals surface area contributed by atoms with Gasteiger partial charge in [-0.05, 0) is 18.6 Å². The minimum absolute atomic E-state index is 0.124. The molecule has 7 nitrogen and oxygen atoms in total. The van der Waals surface area contributed by atoms with Gasteiger partial charge >= 0.3 is 6.36 Å². The minimum Gasteiger partial charge on any atom is -0.406 e. The molecule has 0 aliphatic carbocycles. The molecule has 1 atom stereocenters. The zero-order valence-electron chi connectivity index (χ0n) is 12.4. The molecule has 0 unspecified atom stereocenters. The molecule has 1 fully saturated rings. The zero-order valence-corrected chi connectivity index (χ0v) is 12.4. The van der Waals surface area contributed by atoms with E-state index in [0.717, 1.165) is 0 Å². The number of nitrogens with one attached hydrogen (secondary N) is 2. The summed E-state index contributed by atoms with van der Waals surface area (Å²) in [5, 5.41) is 12.4. The standard InChI is InChI=1S/C14H14F3N5O2/c15-14(16,17)24-11-3-1-2-10(6-11)22-5-4-9(8-22)19-13(23)12-7-18-21-20-12/h1-3,6-7,9H,4-5,8H2,(H,19,23)(H,18,20,21)/t9-/m0/s1. The molecular formula is C14H14F3N5O2. The fourth-order valence-corrected chi connectivity index (χ4v) is 2.56. The van der Waals surface area contributed by atoms with Gasteiger partial charge in [-0.2, -0.15) is 15.4 Å². The molecule has 1 aromatic carbocycles. The maximum absolute atomic E-state index is 12.3. The van der Waals surface area contributed by atoms with E-state index in [1.54, 1.807) is 6.07 Å². The van der Waals surface area contributed by atoms with Crippen molar-refractivity contribution >= 4 is 11.6 Å². The molecule has 1 aliphatic rings. The summed E-state index contributed by atoms with van der Waals surface area (Å²) in [5.41, 5.74) is 0.795. The number of hydrogen-bond acceptors (Lipinski definition) is 5. The molecule has 0 spiro atoms. The number of ether oxygens (including phenoxy) is 1. The number of carbonyl (C=O) groups is 1. The van der Waals surface area contributed by atoms with Gasteiger partial charge in [-0.25, -0.2) is 0 Å². The Kier molecular flexibility index (Phi) is 4.28. The molecule has 2 heterocycles. The summed E-state index contributed by atoms with van der Waals surface area (Å²) in [7, 11) is 0. The van der Waals surface area contributed by atoms with Gasteiger partial charge < -0.3 is 15.0 Å². The van der Waals surface area contributed by atoms with E-state index in [9.17, 15) is 18.0 Å². The van der Waals surface area contributed by atoms with E-state index in [1.165, 1.54) is 24.4 Å². The lowest BCUT2D eigenvalue weighted by Crippen LogP contribution is -2.37. The summed E-state index contributed by atoms with van der Waals surface area (Å²) in [4.78, 5) is 13.8. The molecule has 3 rings (SSSR count). The van der Waals surface area contributed by atoms with Gasteiger partial charge in [-0.3, -0.25) is 4.79 Å². The van der Waals surface area contributed by atoms with Crippen molar-refractivity contribution in [2.45, 2.75) is 18.8 Å². The van der Waals surface area contributed by atoms with Crippen molar-refractivity contribution in [1.29, 1.82) is 0 Å². The highest BCUT2D eigenvalue weighted by molar-refractivity contribution is 5.92. The summed E-state index contributed by atoms with van der Waals surface area (Å²) in [6, 6.07) is 5.65. The Labute approximate surface area is 134 Å². The minimum atomic E-state index is -4.72. The topological polar surface area (TPSA) is 83.1 Å². The van der Waals surface area contributed by atoms with Gasteiger partial charge in [0.2, 0.25) is 0 Å². The van der Waals surface area contributed by atoms with Crippen molar-refractivity contribution in [2.75, 3.05) is 18.0 Å². The van der Waals surface area contributed by atoms with Crippen LogP contribution in [-0.4, -0.2) is 46.8 Å². The Balaban J connectivity index is 1.61. The first-order valence-electron chi connectivity index (χ1n) is 7.18. The number of H-pyrrole nitrogens is 1. The summed E-state index contributed by atoms with van der Waals surface area (Å²) >= 11 is 0. The average molecular weight is 341 g/mol. The van der Waals surface area contributed by atoms with Crippen LogP contribution in [0.4, 0.5) is 18.9 Å². The maximum atomic E-state index is 12.3. The SMILES string of the molecule is O=C(N[C@H]1CCN(c2cccc(OC(F)(F)F)c2)C1)c1cn[nH]n1. The molecule has 1 aliphatic heterocycles. The Bertz CT molecular complexity index is 705. The first-order chi connectivity index (χ1) is 11.4. The molecule has 1 saturated heterocycles. The normalized spacial score (nSPS) is 17.8. The largest absolute Gasteiger partial charge is 0.573 e. The number of rotatable bonds is 4. The van der Waals surface area contributed by atoms with Crippen LogP contribution < -0.4 is 15.0 Å². The average Bonchev–Trinajstić information content (AvgIpc) is 3.17. The van der Waals surface area contributed by atoms with E-state index < -0.39 is 6.36 Å². The Morgan fingerprint density at radius 1 is 1.42 bits per heavy atom. The van der Waals surface area contributed by atoms with Crippen LogP contribution in [0.25, 0.3) is 0 Å². The van der Waals surface area contributed by atoms with Crippen LogP contribution in [0.3, 0.4) is 0 Å². The smallest absolute Gasteiger partial charge is 0.406 e. The number of amides is 1. The number of anilines is 1. The Hall–Kier alpha value is -2.78. The van der Waals surface area contributed by atoms with Gasteiger partial charge in [-0.15, -0.1) is 13.2 Å². The van der Waals surface area contributed by atoms with Gasteiger partial charge in [0.25, 0.3) is 5.91 Å². The van der Waals surface area contributed by atoms with Crippen LogP contribution in [0, 0.1) is 0 Å². The molecule has 1 amide bonds. The van der Waals surface area contributed by atoms with Crippen molar-refractivity contribution in [1.82, 2.24) is 20.7 Å². The molecule has 2 aromatic rings. The third-order valence-electron chi connectivity index (χ3n) is 3.59. The van der Waals surface area contributed by atoms with Gasteiger partial charge in [0, 0.05) is 30.9 Å². The van der Waals surface area contributed by atoms with E-state index in [1.807, 2.05) is 4.90 Å². The summed E-state index contributed by atoms with van der Waals surface area (Å²) in [6.07, 6.45) is -2.73. The molecule has 1 aromatic heterocycles. The molecule has 128 valence electrons. The van der Waals surface area contributed by atoms with Crippen LogP contribution in [-0.2, 0) is 0 Å². The van der Waals surface area contributed by atoms with Crippen molar-refractivity contribution in [3.8, 4) is 5.75 Å². The second kappa shape index (κ2) is 6.38. The van der Waals surface area contributed by atoms with Crippen LogP contribution >= 0.6 is 0 Å². The van der Waals surface area contributed by atoms with Crippen LogP contribution in [0.5, 0.6) is 5.75 Å². The molecule has 0 saturated carbocycles. The van der Waals surface area contributed by atoms with Crippen LogP contribution in [0.15, 0.2) is 30.5 Å². The quantitative estimate of drug-likeness (QED) is 0.885. The fraction of sp³-hybridized carbons (Fsp3) is 0.357. The molecule has 2 N–H and O–H groups in total. The molecule has 0 bridgehead atoms. The highest BCUT2D eigenvalue weighted by Gasteiger charge is 2.31. The third-order valence-corrected chi connectivity index (χ3v) is 3.59. The zero-order chi connectivity index (χ0) is 17.2. The number of halogens is 3. The summed E-state index contributed by atoms with van der Waals surface area (Å²) in [5.74, 6) is -0.611. The van der Waals surface area contributed by atoms with Gasteiger partial charge in [0.05, 0.1) is 6.20 Å². The number of carbonyl (C=O) groups excluding carboxylic acids is 1. The van der Waals surface area contributed by atoms with Crippen molar-refractivity contribution in [3.63, 3.8) is 0 Å². The molecular weight excluding hydrogens is 327 g/mol. The summed E-state index contributed by atoms with van der Waals surface area (Å²) in [6.45, 7) is 1.10. The summed E-state index contributed by atoms with van der Waals surface area (Å²) < 4.78 is 40.8. The van der Waals surface area contributed by atoms with Crippen molar-refractivity contribution < 1.29 is 22.7 Å². The first-order valence-corrected chi connectivity index (χ1v) is 7.18. The van der Waals surface area contributed by atoms with Crippen LogP contribution in [0.2, 0.25) is 0 Å². The monoisotopic (exact) mass is 341 g/mol. The highest BCUT2D eigenvalue weighted by atomic mass is 19.4. The lowest BCUT2D eigenvalue weighted by molar-refractivity contribution is -0.274. The number of benzene rings is 1. The second-order valence-electron chi connectivity index (χ2n) is 5.31. The Morgan fingerprint density at radius 3 is 2.96 bits per heavy atom. The lowest BCUT2D eigenvalue weighted by atomic mass is 10.2. The number of hydrogen-bond donors (Lipinski definition) is 2. The number of nitrogens with zero attached hydrogens (tertiary/aromatic N) is 3. The second-order valence-corrected chi connectivity index (χ2v) is 5.31. The third kappa shape index (κ3) is 3.94. The van der Waals surface area contributed by atoms with E-state index in [4.69, 9.17) is 0 Å². The van der Waals surface area contributed by atoms with E-state index >= 15 is 0 Å². The van der Waals surface area contributed by atoms with Gasteiger partial charge in [0.15, 0.2) is 5.69 Å². The fourth-order valence-electron chi connectivity index (χ4n) is 2.56. The van der Waals surface area contributed by atoms with E-state index in [0.29, 0.717) is 25.2 Å².